The minimum Gasteiger partial charge on any atom is -0.476 e. The van der Waals surface area contributed by atoms with Gasteiger partial charge in [0.25, 0.3) is 6.01 Å². The molecule has 0 unspecified atom stereocenters. The van der Waals surface area contributed by atoms with Crippen LogP contribution in [-0.2, 0) is 0 Å². The van der Waals surface area contributed by atoms with Crippen molar-refractivity contribution >= 4 is 12.0 Å². The number of aromatic nitrogens is 1. The number of carbonyl (C=O) groups is 1. The van der Waals surface area contributed by atoms with Gasteiger partial charge in [-0.15, -0.1) is 6.58 Å². The molecule has 1 aliphatic rings. The lowest BCUT2D eigenvalue weighted by Gasteiger charge is -2.17. The molecule has 0 amide bonds. The van der Waals surface area contributed by atoms with Crippen molar-refractivity contribution in [1.82, 2.24) is 4.98 Å². The van der Waals surface area contributed by atoms with E-state index in [-0.39, 0.29) is 5.69 Å². The largest absolute Gasteiger partial charge is 0.476 e. The maximum atomic E-state index is 10.6. The molecular weight excluding hydrogens is 196 g/mol. The van der Waals surface area contributed by atoms with Crippen molar-refractivity contribution in [2.24, 2.45) is 0 Å². The first-order valence-electron chi connectivity index (χ1n) is 4.78. The van der Waals surface area contributed by atoms with Gasteiger partial charge in [0, 0.05) is 12.6 Å². The van der Waals surface area contributed by atoms with Gasteiger partial charge in [-0.25, -0.2) is 4.79 Å². The van der Waals surface area contributed by atoms with Gasteiger partial charge in [-0.1, -0.05) is 6.08 Å². The summed E-state index contributed by atoms with van der Waals surface area (Å²) in [5, 5.41) is 8.70. The van der Waals surface area contributed by atoms with Crippen LogP contribution in [0, 0.1) is 0 Å². The summed E-state index contributed by atoms with van der Waals surface area (Å²) in [6.45, 7) is 4.28. The third kappa shape index (κ3) is 2.01. The van der Waals surface area contributed by atoms with E-state index >= 15 is 0 Å². The molecule has 0 saturated heterocycles. The molecule has 1 fully saturated rings. The highest BCUT2D eigenvalue weighted by Gasteiger charge is 2.31. The molecule has 0 aromatic carbocycles. The number of oxazole rings is 1. The summed E-state index contributed by atoms with van der Waals surface area (Å²) < 4.78 is 5.13. The first-order valence-corrected chi connectivity index (χ1v) is 4.78. The number of aromatic carboxylic acids is 1. The van der Waals surface area contributed by atoms with E-state index in [1.54, 1.807) is 6.08 Å². The van der Waals surface area contributed by atoms with E-state index in [0.29, 0.717) is 18.6 Å². The Bertz CT molecular complexity index is 382. The van der Waals surface area contributed by atoms with E-state index in [4.69, 9.17) is 9.52 Å². The van der Waals surface area contributed by atoms with Gasteiger partial charge in [-0.3, -0.25) is 0 Å². The highest BCUT2D eigenvalue weighted by molar-refractivity contribution is 5.85. The number of carboxylic acid groups (broad SMARTS) is 1. The monoisotopic (exact) mass is 208 g/mol. The SMILES string of the molecule is C=CCN(c1nc(C(=O)O)co1)C1CC1. The molecule has 2 rings (SSSR count). The zero-order valence-electron chi connectivity index (χ0n) is 8.22. The average Bonchev–Trinajstić information content (AvgIpc) is 2.91. The quantitative estimate of drug-likeness (QED) is 0.743. The Hall–Kier alpha value is -1.78. The molecule has 1 aliphatic carbocycles. The summed E-state index contributed by atoms with van der Waals surface area (Å²) in [7, 11) is 0. The third-order valence-electron chi connectivity index (χ3n) is 2.27. The maximum Gasteiger partial charge on any atom is 0.357 e. The van der Waals surface area contributed by atoms with Crippen LogP contribution >= 0.6 is 0 Å². The topological polar surface area (TPSA) is 66.6 Å². The fourth-order valence-electron chi connectivity index (χ4n) is 1.40. The van der Waals surface area contributed by atoms with Crippen molar-refractivity contribution in [2.45, 2.75) is 18.9 Å². The molecule has 1 heterocycles. The van der Waals surface area contributed by atoms with Crippen LogP contribution in [0.3, 0.4) is 0 Å². The molecule has 80 valence electrons. The van der Waals surface area contributed by atoms with Crippen molar-refractivity contribution in [1.29, 1.82) is 0 Å². The molecule has 1 saturated carbocycles. The van der Waals surface area contributed by atoms with Crippen LogP contribution < -0.4 is 4.90 Å². The van der Waals surface area contributed by atoms with Crippen LogP contribution in [0.15, 0.2) is 23.3 Å². The predicted octanol–water partition coefficient (Wildman–Crippen LogP) is 1.53. The molecule has 0 aliphatic heterocycles. The van der Waals surface area contributed by atoms with Gasteiger partial charge in [-0.05, 0) is 12.8 Å². The van der Waals surface area contributed by atoms with Crippen molar-refractivity contribution in [3.63, 3.8) is 0 Å². The summed E-state index contributed by atoms with van der Waals surface area (Å²) in [6.07, 6.45) is 5.11. The van der Waals surface area contributed by atoms with Gasteiger partial charge >= 0.3 is 5.97 Å². The zero-order chi connectivity index (χ0) is 10.8. The lowest BCUT2D eigenvalue weighted by Crippen LogP contribution is -2.25. The second-order valence-electron chi connectivity index (χ2n) is 3.49. The fraction of sp³-hybridized carbons (Fsp3) is 0.400. The van der Waals surface area contributed by atoms with Crippen molar-refractivity contribution in [3.05, 3.63) is 24.6 Å². The molecule has 15 heavy (non-hydrogen) atoms. The van der Waals surface area contributed by atoms with Gasteiger partial charge in [-0.2, -0.15) is 4.98 Å². The second-order valence-corrected chi connectivity index (χ2v) is 3.49. The molecule has 0 bridgehead atoms. The Labute approximate surface area is 87.0 Å². The number of nitrogens with zero attached hydrogens (tertiary/aromatic N) is 2. The van der Waals surface area contributed by atoms with Crippen molar-refractivity contribution in [3.8, 4) is 0 Å². The van der Waals surface area contributed by atoms with Gasteiger partial charge < -0.3 is 14.4 Å². The fourth-order valence-corrected chi connectivity index (χ4v) is 1.40. The lowest BCUT2D eigenvalue weighted by molar-refractivity contribution is 0.0690. The number of carboxylic acids is 1. The third-order valence-corrected chi connectivity index (χ3v) is 2.27. The van der Waals surface area contributed by atoms with Gasteiger partial charge in [0.1, 0.15) is 6.26 Å². The van der Waals surface area contributed by atoms with E-state index in [2.05, 4.69) is 11.6 Å². The minimum atomic E-state index is -1.07. The number of hydrogen-bond acceptors (Lipinski definition) is 4. The molecule has 0 atom stereocenters. The Morgan fingerprint density at radius 3 is 3.00 bits per heavy atom. The normalized spacial score (nSPS) is 14.9. The Morgan fingerprint density at radius 2 is 2.53 bits per heavy atom. The molecular formula is C10H12N2O3. The highest BCUT2D eigenvalue weighted by atomic mass is 16.4. The van der Waals surface area contributed by atoms with Gasteiger partial charge in [0.2, 0.25) is 0 Å². The molecule has 5 nitrogen and oxygen atoms in total. The van der Waals surface area contributed by atoms with Gasteiger partial charge in [0.15, 0.2) is 5.69 Å². The van der Waals surface area contributed by atoms with Crippen LogP contribution in [0.2, 0.25) is 0 Å². The maximum absolute atomic E-state index is 10.6. The van der Waals surface area contributed by atoms with E-state index < -0.39 is 5.97 Å². The smallest absolute Gasteiger partial charge is 0.357 e. The van der Waals surface area contributed by atoms with E-state index in [9.17, 15) is 4.79 Å². The second kappa shape index (κ2) is 3.76. The van der Waals surface area contributed by atoms with Crippen LogP contribution in [-0.4, -0.2) is 28.6 Å². The summed E-state index contributed by atoms with van der Waals surface area (Å²) in [5.41, 5.74) is -0.0558. The first kappa shape index (κ1) is 9.76. The summed E-state index contributed by atoms with van der Waals surface area (Å²) in [5.74, 6) is -1.07. The number of hydrogen-bond donors (Lipinski definition) is 1. The Kier molecular flexibility index (Phi) is 2.45. The average molecular weight is 208 g/mol. The molecule has 1 N–H and O–H groups in total. The predicted molar refractivity (Wildman–Crippen MR) is 54.0 cm³/mol. The Morgan fingerprint density at radius 1 is 1.80 bits per heavy atom. The Balaban J connectivity index is 2.17. The van der Waals surface area contributed by atoms with Crippen LogP contribution in [0.5, 0.6) is 0 Å². The van der Waals surface area contributed by atoms with Crippen LogP contribution in [0.25, 0.3) is 0 Å². The lowest BCUT2D eigenvalue weighted by atomic mass is 10.5. The van der Waals surface area contributed by atoms with Crippen molar-refractivity contribution in [2.75, 3.05) is 11.4 Å². The summed E-state index contributed by atoms with van der Waals surface area (Å²) in [6, 6.07) is 0.790. The summed E-state index contributed by atoms with van der Waals surface area (Å²) >= 11 is 0. The molecule has 0 radical (unpaired) electrons. The van der Waals surface area contributed by atoms with Crippen LogP contribution in [0.1, 0.15) is 23.3 Å². The molecule has 0 spiro atoms. The van der Waals surface area contributed by atoms with E-state index in [1.807, 2.05) is 4.90 Å². The minimum absolute atomic E-state index is 0.0558. The first-order chi connectivity index (χ1) is 7.22. The molecule has 5 heteroatoms. The highest BCUT2D eigenvalue weighted by Crippen LogP contribution is 2.30. The molecule has 1 aromatic heterocycles. The van der Waals surface area contributed by atoms with E-state index in [0.717, 1.165) is 19.1 Å². The van der Waals surface area contributed by atoms with E-state index in [1.165, 1.54) is 0 Å². The van der Waals surface area contributed by atoms with Crippen LogP contribution in [0.4, 0.5) is 6.01 Å². The zero-order valence-corrected chi connectivity index (χ0v) is 8.22. The van der Waals surface area contributed by atoms with Gasteiger partial charge in [0.05, 0.1) is 0 Å². The number of rotatable bonds is 5. The molecule has 1 aromatic rings. The number of anilines is 1. The standard InChI is InChI=1S/C10H12N2O3/c1-2-5-12(7-3-4-7)10-11-8(6-15-10)9(13)14/h2,6-7H,1,3-5H2,(H,13,14). The van der Waals surface area contributed by atoms with Crippen molar-refractivity contribution < 1.29 is 14.3 Å². The summed E-state index contributed by atoms with van der Waals surface area (Å²) in [4.78, 5) is 16.5.